The Balaban J connectivity index is 1.58. The number of hydrogen-bond donors (Lipinski definition) is 1. The van der Waals surface area contributed by atoms with Gasteiger partial charge in [-0.1, -0.05) is 0 Å². The summed E-state index contributed by atoms with van der Waals surface area (Å²) in [6.07, 6.45) is 1.05. The molecule has 4 aliphatic rings. The van der Waals surface area contributed by atoms with E-state index in [2.05, 4.69) is 10.1 Å². The van der Waals surface area contributed by atoms with Crippen molar-refractivity contribution in [2.75, 3.05) is 7.05 Å². The highest BCUT2D eigenvalue weighted by Gasteiger charge is 2.61. The molecular formula is C14H17NO6. The van der Waals surface area contributed by atoms with Crippen LogP contribution in [0.5, 0.6) is 0 Å². The van der Waals surface area contributed by atoms with Gasteiger partial charge in [0.1, 0.15) is 6.10 Å². The summed E-state index contributed by atoms with van der Waals surface area (Å²) in [6, 6.07) is -0.0603. The Morgan fingerprint density at radius 1 is 1.14 bits per heavy atom. The van der Waals surface area contributed by atoms with Crippen LogP contribution in [0, 0.1) is 23.7 Å². The minimum Gasteiger partial charge on any atom is -0.433 e. The van der Waals surface area contributed by atoms with Gasteiger partial charge in [-0.3, -0.25) is 14.4 Å². The molecule has 7 atom stereocenters. The predicted molar refractivity (Wildman–Crippen MR) is 66.5 cm³/mol. The second kappa shape index (κ2) is 4.51. The maximum Gasteiger partial charge on any atom is 0.317 e. The Morgan fingerprint density at radius 2 is 1.95 bits per heavy atom. The summed E-state index contributed by atoms with van der Waals surface area (Å²) in [5.41, 5.74) is 0. The zero-order valence-corrected chi connectivity index (χ0v) is 11.6. The average Bonchev–Trinajstić information content (AvgIpc) is 3.15. The number of ether oxygens (including phenoxy) is 3. The van der Waals surface area contributed by atoms with Gasteiger partial charge in [-0.2, -0.15) is 0 Å². The Morgan fingerprint density at radius 3 is 2.62 bits per heavy atom. The van der Waals surface area contributed by atoms with Crippen LogP contribution in [0.4, 0.5) is 0 Å². The first kappa shape index (κ1) is 13.2. The van der Waals surface area contributed by atoms with Crippen LogP contribution in [-0.4, -0.2) is 43.4 Å². The number of nitrogens with one attached hydrogen (secondary N) is 1. The molecule has 1 N–H and O–H groups in total. The van der Waals surface area contributed by atoms with Crippen molar-refractivity contribution in [3.8, 4) is 0 Å². The van der Waals surface area contributed by atoms with E-state index in [1.807, 2.05) is 0 Å². The summed E-state index contributed by atoms with van der Waals surface area (Å²) in [5.74, 6) is -1.62. The molecule has 0 radical (unpaired) electrons. The highest BCUT2D eigenvalue weighted by molar-refractivity contribution is 5.94. The van der Waals surface area contributed by atoms with E-state index in [1.54, 1.807) is 7.05 Å². The van der Waals surface area contributed by atoms with Crippen LogP contribution in [0.2, 0.25) is 0 Å². The molecule has 4 fully saturated rings. The number of carbonyl (C=O) groups excluding carboxylic acids is 3. The molecule has 3 saturated heterocycles. The molecule has 114 valence electrons. The molecule has 0 spiro atoms. The number of cyclic esters (lactones) is 2. The molecule has 0 aromatic carbocycles. The fourth-order valence-electron chi connectivity index (χ4n) is 4.22. The lowest BCUT2D eigenvalue weighted by molar-refractivity contribution is -0.162. The van der Waals surface area contributed by atoms with E-state index in [9.17, 15) is 14.4 Å². The molecule has 7 unspecified atom stereocenters. The van der Waals surface area contributed by atoms with Crippen molar-refractivity contribution in [3.63, 3.8) is 0 Å². The number of epoxide rings is 1. The zero-order chi connectivity index (χ0) is 14.7. The van der Waals surface area contributed by atoms with E-state index in [1.165, 1.54) is 0 Å². The van der Waals surface area contributed by atoms with Crippen molar-refractivity contribution in [2.45, 2.75) is 37.7 Å². The second-order valence-electron chi connectivity index (χ2n) is 6.33. The molecule has 3 aliphatic heterocycles. The smallest absolute Gasteiger partial charge is 0.317 e. The van der Waals surface area contributed by atoms with Gasteiger partial charge in [-0.25, -0.2) is 0 Å². The van der Waals surface area contributed by atoms with E-state index in [0.29, 0.717) is 12.8 Å². The standard InChI is InChI=1S/C14H17NO6/c1-15-8-3-5(6-4-9(16)19-12(6)17)2-7-10(8)13(18)21-14-11(7)20-14/h5-8,10-11,14-15H,2-4H2,1H3. The molecule has 3 heterocycles. The molecule has 0 amide bonds. The summed E-state index contributed by atoms with van der Waals surface area (Å²) >= 11 is 0. The quantitative estimate of drug-likeness (QED) is 0.420. The van der Waals surface area contributed by atoms with Gasteiger partial charge in [0.25, 0.3) is 0 Å². The molecule has 0 aromatic rings. The third-order valence-electron chi connectivity index (χ3n) is 5.28. The van der Waals surface area contributed by atoms with Crippen LogP contribution in [-0.2, 0) is 28.6 Å². The van der Waals surface area contributed by atoms with Crippen molar-refractivity contribution in [3.05, 3.63) is 0 Å². The third-order valence-corrected chi connectivity index (χ3v) is 5.28. The Labute approximate surface area is 121 Å². The summed E-state index contributed by atoms with van der Waals surface area (Å²) in [6.45, 7) is 0. The first-order valence-corrected chi connectivity index (χ1v) is 7.36. The predicted octanol–water partition coefficient (Wildman–Crippen LogP) is -0.412. The highest BCUT2D eigenvalue weighted by atomic mass is 16.8. The molecule has 1 saturated carbocycles. The molecule has 7 heteroatoms. The Bertz CT molecular complexity index is 520. The lowest BCUT2D eigenvalue weighted by Gasteiger charge is -2.42. The summed E-state index contributed by atoms with van der Waals surface area (Å²) < 4.78 is 15.3. The third kappa shape index (κ3) is 1.98. The summed E-state index contributed by atoms with van der Waals surface area (Å²) in [7, 11) is 1.80. The maximum atomic E-state index is 12.1. The van der Waals surface area contributed by atoms with E-state index in [0.717, 1.165) is 0 Å². The van der Waals surface area contributed by atoms with Gasteiger partial charge >= 0.3 is 17.9 Å². The monoisotopic (exact) mass is 295 g/mol. The van der Waals surface area contributed by atoms with Crippen LogP contribution in [0.25, 0.3) is 0 Å². The average molecular weight is 295 g/mol. The second-order valence-corrected chi connectivity index (χ2v) is 6.33. The first-order valence-electron chi connectivity index (χ1n) is 7.36. The van der Waals surface area contributed by atoms with Crippen molar-refractivity contribution in [1.82, 2.24) is 5.32 Å². The van der Waals surface area contributed by atoms with Gasteiger partial charge < -0.3 is 19.5 Å². The molecule has 4 rings (SSSR count). The van der Waals surface area contributed by atoms with Gasteiger partial charge in [-0.05, 0) is 25.8 Å². The van der Waals surface area contributed by atoms with Crippen molar-refractivity contribution >= 4 is 17.9 Å². The minimum absolute atomic E-state index is 0.0402. The van der Waals surface area contributed by atoms with E-state index in [-0.39, 0.29) is 48.2 Å². The maximum absolute atomic E-state index is 12.1. The lowest BCUT2D eigenvalue weighted by atomic mass is 9.65. The number of carbonyl (C=O) groups is 3. The van der Waals surface area contributed by atoms with Crippen LogP contribution in [0.3, 0.4) is 0 Å². The first-order chi connectivity index (χ1) is 10.1. The summed E-state index contributed by atoms with van der Waals surface area (Å²) in [5, 5.41) is 3.16. The molecule has 1 aliphatic carbocycles. The number of esters is 3. The Hall–Kier alpha value is -1.47. The van der Waals surface area contributed by atoms with Crippen LogP contribution in [0.1, 0.15) is 19.3 Å². The van der Waals surface area contributed by atoms with Crippen LogP contribution in [0.15, 0.2) is 0 Å². The lowest BCUT2D eigenvalue weighted by Crippen LogP contribution is -2.53. The number of fused-ring (bicyclic) bond motifs is 3. The fourth-order valence-corrected chi connectivity index (χ4v) is 4.22. The minimum atomic E-state index is -0.447. The number of rotatable bonds is 2. The fraction of sp³-hybridized carbons (Fsp3) is 0.786. The van der Waals surface area contributed by atoms with E-state index in [4.69, 9.17) is 9.47 Å². The molecule has 0 aromatic heterocycles. The molecule has 21 heavy (non-hydrogen) atoms. The van der Waals surface area contributed by atoms with Crippen molar-refractivity contribution in [1.29, 1.82) is 0 Å². The molecular weight excluding hydrogens is 278 g/mol. The number of hydrogen-bond acceptors (Lipinski definition) is 7. The highest BCUT2D eigenvalue weighted by Crippen LogP contribution is 2.50. The zero-order valence-electron chi connectivity index (χ0n) is 11.6. The van der Waals surface area contributed by atoms with Crippen LogP contribution < -0.4 is 5.32 Å². The van der Waals surface area contributed by atoms with Crippen molar-refractivity contribution in [2.24, 2.45) is 23.7 Å². The van der Waals surface area contributed by atoms with Crippen molar-refractivity contribution < 1.29 is 28.6 Å². The normalized spacial score (nSPS) is 48.2. The van der Waals surface area contributed by atoms with Gasteiger partial charge in [0.15, 0.2) is 0 Å². The van der Waals surface area contributed by atoms with Gasteiger partial charge in [0, 0.05) is 12.0 Å². The Kier molecular flexibility index (Phi) is 2.84. The molecule has 0 bridgehead atoms. The van der Waals surface area contributed by atoms with E-state index < -0.39 is 18.2 Å². The topological polar surface area (TPSA) is 94.2 Å². The van der Waals surface area contributed by atoms with E-state index >= 15 is 0 Å². The van der Waals surface area contributed by atoms with Gasteiger partial charge in [0.05, 0.1) is 18.3 Å². The van der Waals surface area contributed by atoms with Crippen LogP contribution >= 0.6 is 0 Å². The van der Waals surface area contributed by atoms with Gasteiger partial charge in [0.2, 0.25) is 6.29 Å². The summed E-state index contributed by atoms with van der Waals surface area (Å²) in [4.78, 5) is 35.2. The SMILES string of the molecule is CNC1CC(C2CC(=O)OC2=O)CC2C3OC3OC(=O)C12. The van der Waals surface area contributed by atoms with Gasteiger partial charge in [-0.15, -0.1) is 0 Å². The molecule has 7 nitrogen and oxygen atoms in total. The largest absolute Gasteiger partial charge is 0.433 e.